The molecule has 1 amide bonds. The molecule has 0 N–H and O–H groups in total. The SMILES string of the molecule is COc1ccc(OC)c(-c2coc3c(C)c(OC)c(/C(C)=C/C(=O)N4CCCCCC4)cc23)c1. The first-order chi connectivity index (χ1) is 16.5. The van der Waals surface area contributed by atoms with Gasteiger partial charge in [-0.1, -0.05) is 12.8 Å². The molecule has 0 spiro atoms. The van der Waals surface area contributed by atoms with Gasteiger partial charge in [0, 0.05) is 46.8 Å². The largest absolute Gasteiger partial charge is 0.497 e. The van der Waals surface area contributed by atoms with Crippen LogP contribution < -0.4 is 14.2 Å². The van der Waals surface area contributed by atoms with Crippen molar-refractivity contribution >= 4 is 22.4 Å². The summed E-state index contributed by atoms with van der Waals surface area (Å²) < 4.78 is 22.8. The fraction of sp³-hybridized carbons (Fsp3) is 0.393. The summed E-state index contributed by atoms with van der Waals surface area (Å²) in [6.07, 6.45) is 7.97. The lowest BCUT2D eigenvalue weighted by molar-refractivity contribution is -0.125. The molecule has 0 atom stereocenters. The highest BCUT2D eigenvalue weighted by molar-refractivity contribution is 6.02. The van der Waals surface area contributed by atoms with Crippen molar-refractivity contribution in [2.75, 3.05) is 34.4 Å². The number of carbonyl (C=O) groups excluding carboxylic acids is 1. The third-order valence-electron chi connectivity index (χ3n) is 6.63. The summed E-state index contributed by atoms with van der Waals surface area (Å²) >= 11 is 0. The van der Waals surface area contributed by atoms with Crippen molar-refractivity contribution < 1.29 is 23.4 Å². The molecule has 4 rings (SSSR count). The second-order valence-electron chi connectivity index (χ2n) is 8.74. The quantitative estimate of drug-likeness (QED) is 0.405. The summed E-state index contributed by atoms with van der Waals surface area (Å²) in [7, 11) is 4.94. The van der Waals surface area contributed by atoms with Crippen molar-refractivity contribution in [3.63, 3.8) is 0 Å². The van der Waals surface area contributed by atoms with Crippen LogP contribution in [0.25, 0.3) is 27.7 Å². The molecule has 34 heavy (non-hydrogen) atoms. The number of allylic oxidation sites excluding steroid dienone is 1. The summed E-state index contributed by atoms with van der Waals surface area (Å²) in [6, 6.07) is 7.73. The van der Waals surface area contributed by atoms with Crippen LogP contribution in [-0.4, -0.2) is 45.2 Å². The first kappa shape index (κ1) is 23.7. The Bertz CT molecular complexity index is 1220. The van der Waals surface area contributed by atoms with Crippen molar-refractivity contribution in [1.82, 2.24) is 4.90 Å². The molecule has 1 aliphatic heterocycles. The van der Waals surface area contributed by atoms with E-state index in [1.165, 1.54) is 12.8 Å². The number of rotatable bonds is 6. The van der Waals surface area contributed by atoms with Crippen LogP contribution >= 0.6 is 0 Å². The number of hydrogen-bond donors (Lipinski definition) is 0. The van der Waals surface area contributed by atoms with Gasteiger partial charge in [-0.25, -0.2) is 0 Å². The minimum Gasteiger partial charge on any atom is -0.497 e. The maximum Gasteiger partial charge on any atom is 0.246 e. The van der Waals surface area contributed by atoms with Gasteiger partial charge >= 0.3 is 0 Å². The number of amides is 1. The lowest BCUT2D eigenvalue weighted by Crippen LogP contribution is -2.30. The number of methoxy groups -OCH3 is 3. The van der Waals surface area contributed by atoms with Crippen molar-refractivity contribution in [3.05, 3.63) is 47.7 Å². The fourth-order valence-electron chi connectivity index (χ4n) is 4.75. The van der Waals surface area contributed by atoms with Gasteiger partial charge in [0.15, 0.2) is 0 Å². The Morgan fingerprint density at radius 1 is 0.971 bits per heavy atom. The highest BCUT2D eigenvalue weighted by Gasteiger charge is 2.21. The molecule has 1 aliphatic rings. The second-order valence-corrected chi connectivity index (χ2v) is 8.74. The van der Waals surface area contributed by atoms with Crippen LogP contribution in [0.1, 0.15) is 43.7 Å². The Morgan fingerprint density at radius 3 is 2.35 bits per heavy atom. The molecule has 0 radical (unpaired) electrons. The van der Waals surface area contributed by atoms with Crippen LogP contribution in [0.4, 0.5) is 0 Å². The molecule has 0 unspecified atom stereocenters. The highest BCUT2D eigenvalue weighted by Crippen LogP contribution is 2.43. The maximum atomic E-state index is 13.0. The monoisotopic (exact) mass is 463 g/mol. The molecule has 2 heterocycles. The molecule has 2 aromatic carbocycles. The van der Waals surface area contributed by atoms with Crippen LogP contribution in [0.2, 0.25) is 0 Å². The van der Waals surface area contributed by atoms with Gasteiger partial charge in [-0.05, 0) is 56.5 Å². The lowest BCUT2D eigenvalue weighted by Gasteiger charge is -2.19. The number of ether oxygens (including phenoxy) is 3. The third-order valence-corrected chi connectivity index (χ3v) is 6.63. The number of furan rings is 1. The lowest BCUT2D eigenvalue weighted by atomic mass is 9.96. The third kappa shape index (κ3) is 4.49. The van der Waals surface area contributed by atoms with E-state index in [-0.39, 0.29) is 5.91 Å². The minimum atomic E-state index is 0.0566. The molecule has 0 aliphatic carbocycles. The first-order valence-corrected chi connectivity index (χ1v) is 11.8. The number of benzene rings is 2. The van der Waals surface area contributed by atoms with E-state index in [1.807, 2.05) is 43.0 Å². The zero-order valence-corrected chi connectivity index (χ0v) is 20.7. The van der Waals surface area contributed by atoms with Crippen molar-refractivity contribution in [1.29, 1.82) is 0 Å². The Balaban J connectivity index is 1.83. The molecule has 0 saturated carbocycles. The Hall–Kier alpha value is -3.41. The summed E-state index contributed by atoms with van der Waals surface area (Å²) in [6.45, 7) is 5.58. The van der Waals surface area contributed by atoms with Gasteiger partial charge in [0.1, 0.15) is 22.8 Å². The van der Waals surface area contributed by atoms with Gasteiger partial charge < -0.3 is 23.5 Å². The number of aryl methyl sites for hydroxylation is 1. The Kier molecular flexibility index (Phi) is 7.15. The van der Waals surface area contributed by atoms with Crippen LogP contribution in [0.3, 0.4) is 0 Å². The second kappa shape index (κ2) is 10.2. The van der Waals surface area contributed by atoms with Crippen LogP contribution in [0.5, 0.6) is 17.2 Å². The number of likely N-dealkylation sites (tertiary alicyclic amines) is 1. The summed E-state index contributed by atoms with van der Waals surface area (Å²) in [5.41, 5.74) is 5.13. The summed E-state index contributed by atoms with van der Waals surface area (Å²) in [5.74, 6) is 2.22. The molecule has 180 valence electrons. The van der Waals surface area contributed by atoms with E-state index >= 15 is 0 Å². The van der Waals surface area contributed by atoms with Gasteiger partial charge in [-0.2, -0.15) is 0 Å². The molecule has 0 bridgehead atoms. The molecule has 1 aromatic heterocycles. The standard InChI is InChI=1S/C28H33NO5/c1-18(14-26(30)29-12-8-6-7-9-13-29)21-16-23-24(17-34-28(23)19(2)27(21)33-5)22-15-20(31-3)10-11-25(22)32-4/h10-11,14-17H,6-9,12-13H2,1-5H3/b18-14+. The molecule has 6 nitrogen and oxygen atoms in total. The topological polar surface area (TPSA) is 61.1 Å². The fourth-order valence-corrected chi connectivity index (χ4v) is 4.75. The van der Waals surface area contributed by atoms with E-state index < -0.39 is 0 Å². The number of hydrogen-bond acceptors (Lipinski definition) is 5. The van der Waals surface area contributed by atoms with E-state index in [1.54, 1.807) is 33.7 Å². The molecule has 3 aromatic rings. The molecule has 6 heteroatoms. The molecule has 1 saturated heterocycles. The van der Waals surface area contributed by atoms with E-state index in [0.29, 0.717) is 5.75 Å². The van der Waals surface area contributed by atoms with Crippen molar-refractivity contribution in [3.8, 4) is 28.4 Å². The van der Waals surface area contributed by atoms with Gasteiger partial charge in [0.05, 0.1) is 27.6 Å². The van der Waals surface area contributed by atoms with E-state index in [4.69, 9.17) is 18.6 Å². The summed E-state index contributed by atoms with van der Waals surface area (Å²) in [4.78, 5) is 15.0. The zero-order chi connectivity index (χ0) is 24.2. The van der Waals surface area contributed by atoms with E-state index in [0.717, 1.165) is 76.2 Å². The molecular weight excluding hydrogens is 430 g/mol. The van der Waals surface area contributed by atoms with Gasteiger partial charge in [-0.15, -0.1) is 0 Å². The first-order valence-electron chi connectivity index (χ1n) is 11.8. The van der Waals surface area contributed by atoms with Crippen molar-refractivity contribution in [2.24, 2.45) is 0 Å². The normalized spacial score (nSPS) is 14.7. The molecule has 1 fully saturated rings. The predicted octanol–water partition coefficient (Wildman–Crippen LogP) is 6.24. The predicted molar refractivity (Wildman–Crippen MR) is 135 cm³/mol. The smallest absolute Gasteiger partial charge is 0.246 e. The van der Waals surface area contributed by atoms with Gasteiger partial charge in [0.25, 0.3) is 0 Å². The highest BCUT2D eigenvalue weighted by atomic mass is 16.5. The van der Waals surface area contributed by atoms with Gasteiger partial charge in [-0.3, -0.25) is 4.79 Å². The summed E-state index contributed by atoms with van der Waals surface area (Å²) in [5, 5.41) is 0.926. The van der Waals surface area contributed by atoms with Crippen LogP contribution in [0, 0.1) is 6.92 Å². The maximum absolute atomic E-state index is 13.0. The number of fused-ring (bicyclic) bond motifs is 1. The van der Waals surface area contributed by atoms with E-state index in [9.17, 15) is 4.79 Å². The van der Waals surface area contributed by atoms with Crippen molar-refractivity contribution in [2.45, 2.75) is 39.5 Å². The Morgan fingerprint density at radius 2 is 1.71 bits per heavy atom. The Labute approximate surface area is 201 Å². The average Bonchev–Trinajstić information content (AvgIpc) is 3.08. The zero-order valence-electron chi connectivity index (χ0n) is 20.7. The molecular formula is C28H33NO5. The van der Waals surface area contributed by atoms with Crippen LogP contribution in [-0.2, 0) is 4.79 Å². The van der Waals surface area contributed by atoms with Gasteiger partial charge in [0.2, 0.25) is 5.91 Å². The van der Waals surface area contributed by atoms with E-state index in [2.05, 4.69) is 0 Å². The van der Waals surface area contributed by atoms with Crippen LogP contribution in [0.15, 0.2) is 41.0 Å². The average molecular weight is 464 g/mol. The minimum absolute atomic E-state index is 0.0566. The number of nitrogens with zero attached hydrogens (tertiary/aromatic N) is 1. The number of carbonyl (C=O) groups is 1.